The molecular formula is C17H17F3N4O5. The number of halogens is 3. The van der Waals surface area contributed by atoms with Crippen LogP contribution < -0.4 is 21.9 Å². The van der Waals surface area contributed by atoms with Gasteiger partial charge in [0.1, 0.15) is 17.1 Å². The minimum Gasteiger partial charge on any atom is -0.467 e. The zero-order chi connectivity index (χ0) is 21.6. The van der Waals surface area contributed by atoms with Gasteiger partial charge in [-0.1, -0.05) is 13.8 Å². The largest absolute Gasteiger partial charge is 0.467 e. The number of nitrogens with one attached hydrogen (secondary N) is 3. The van der Waals surface area contributed by atoms with E-state index < -0.39 is 46.2 Å². The van der Waals surface area contributed by atoms with E-state index in [9.17, 15) is 32.3 Å². The Hall–Kier alpha value is -3.31. The molecule has 2 aromatic heterocycles. The van der Waals surface area contributed by atoms with Crippen LogP contribution in [0.15, 0.2) is 32.4 Å². The maximum Gasteiger partial charge on any atom is 0.425 e. The van der Waals surface area contributed by atoms with Gasteiger partial charge in [-0.2, -0.15) is 13.2 Å². The number of aromatic nitrogens is 2. The fourth-order valence-corrected chi connectivity index (χ4v) is 3.16. The smallest absolute Gasteiger partial charge is 0.425 e. The van der Waals surface area contributed by atoms with Gasteiger partial charge in [-0.3, -0.25) is 23.9 Å². The zero-order valence-electron chi connectivity index (χ0n) is 15.3. The molecule has 156 valence electrons. The first-order valence-electron chi connectivity index (χ1n) is 8.56. The maximum absolute atomic E-state index is 14.1. The Balaban J connectivity index is 2.22. The summed E-state index contributed by atoms with van der Waals surface area (Å²) in [5.74, 6) is -3.49. The van der Waals surface area contributed by atoms with Crippen LogP contribution in [0.2, 0.25) is 0 Å². The lowest BCUT2D eigenvalue weighted by atomic mass is 9.91. The predicted octanol–water partition coefficient (Wildman–Crippen LogP) is 1.05. The molecule has 0 fully saturated rings. The van der Waals surface area contributed by atoms with Crippen LogP contribution in [-0.2, 0) is 21.7 Å². The first-order valence-corrected chi connectivity index (χ1v) is 8.56. The number of amides is 2. The normalized spacial score (nSPS) is 18.6. The van der Waals surface area contributed by atoms with Gasteiger partial charge < -0.3 is 15.1 Å². The molecule has 0 spiro atoms. The SMILES string of the molecule is CC(C)CC(=O)N[C@]1(C(F)(F)F)C(=O)Nc2c1c(=O)[nH]c(=O)n2Cc1ccco1. The number of H-pyrrole nitrogens is 1. The summed E-state index contributed by atoms with van der Waals surface area (Å²) in [5.41, 5.74) is -7.20. The van der Waals surface area contributed by atoms with Crippen molar-refractivity contribution in [2.75, 3.05) is 5.32 Å². The minimum absolute atomic E-state index is 0.198. The average Bonchev–Trinajstić information content (AvgIpc) is 3.17. The first-order chi connectivity index (χ1) is 13.5. The molecule has 3 N–H and O–H groups in total. The number of rotatable bonds is 5. The molecule has 0 radical (unpaired) electrons. The molecule has 2 amide bonds. The van der Waals surface area contributed by atoms with E-state index in [1.165, 1.54) is 18.4 Å². The number of carbonyl (C=O) groups excluding carboxylic acids is 2. The number of fused-ring (bicyclic) bond motifs is 1. The number of furan rings is 1. The number of carbonyl (C=O) groups is 2. The fourth-order valence-electron chi connectivity index (χ4n) is 3.16. The number of hydrogen-bond acceptors (Lipinski definition) is 5. The summed E-state index contributed by atoms with van der Waals surface area (Å²) in [6.45, 7) is 2.87. The zero-order valence-corrected chi connectivity index (χ0v) is 15.3. The molecule has 2 aromatic rings. The summed E-state index contributed by atoms with van der Waals surface area (Å²) in [6.07, 6.45) is -4.36. The summed E-state index contributed by atoms with van der Waals surface area (Å²) >= 11 is 0. The third kappa shape index (κ3) is 3.34. The molecular weight excluding hydrogens is 397 g/mol. The summed E-state index contributed by atoms with van der Waals surface area (Å²) in [4.78, 5) is 51.0. The number of alkyl halides is 3. The van der Waals surface area contributed by atoms with Crippen molar-refractivity contribution in [2.24, 2.45) is 5.92 Å². The molecule has 0 aromatic carbocycles. The van der Waals surface area contributed by atoms with Crippen LogP contribution in [0, 0.1) is 5.92 Å². The lowest BCUT2D eigenvalue weighted by Crippen LogP contribution is -2.62. The molecule has 3 heterocycles. The van der Waals surface area contributed by atoms with Gasteiger partial charge in [0.2, 0.25) is 11.4 Å². The Kier molecular flexibility index (Phi) is 4.89. The maximum atomic E-state index is 14.1. The van der Waals surface area contributed by atoms with E-state index in [0.717, 1.165) is 4.57 Å². The van der Waals surface area contributed by atoms with E-state index in [0.29, 0.717) is 0 Å². The molecule has 1 aliphatic rings. The fraction of sp³-hybridized carbons (Fsp3) is 0.412. The average molecular weight is 414 g/mol. The lowest BCUT2D eigenvalue weighted by Gasteiger charge is -2.30. The van der Waals surface area contributed by atoms with Crippen molar-refractivity contribution >= 4 is 17.6 Å². The Morgan fingerprint density at radius 3 is 2.55 bits per heavy atom. The number of aromatic amines is 1. The van der Waals surface area contributed by atoms with E-state index in [1.54, 1.807) is 24.1 Å². The highest BCUT2D eigenvalue weighted by molar-refractivity contribution is 6.07. The molecule has 0 unspecified atom stereocenters. The van der Waals surface area contributed by atoms with Crippen LogP contribution in [0.1, 0.15) is 31.6 Å². The second kappa shape index (κ2) is 6.94. The number of hydrogen-bond donors (Lipinski definition) is 3. The van der Waals surface area contributed by atoms with Crippen LogP contribution >= 0.6 is 0 Å². The van der Waals surface area contributed by atoms with Crippen molar-refractivity contribution < 1.29 is 27.2 Å². The molecule has 0 saturated heterocycles. The third-order valence-corrected chi connectivity index (χ3v) is 4.39. The quantitative estimate of drug-likeness (QED) is 0.674. The van der Waals surface area contributed by atoms with Gasteiger partial charge in [0.25, 0.3) is 11.5 Å². The third-order valence-electron chi connectivity index (χ3n) is 4.39. The Morgan fingerprint density at radius 2 is 2.00 bits per heavy atom. The predicted molar refractivity (Wildman–Crippen MR) is 93.1 cm³/mol. The Labute approximate surface area is 160 Å². The Morgan fingerprint density at radius 1 is 1.31 bits per heavy atom. The van der Waals surface area contributed by atoms with Crippen molar-refractivity contribution in [2.45, 2.75) is 38.5 Å². The van der Waals surface area contributed by atoms with Crippen molar-refractivity contribution in [3.8, 4) is 0 Å². The molecule has 0 bridgehead atoms. The molecule has 0 saturated carbocycles. The summed E-state index contributed by atoms with van der Waals surface area (Å²) in [5, 5.41) is 3.63. The van der Waals surface area contributed by atoms with Crippen LogP contribution in [0.3, 0.4) is 0 Å². The molecule has 12 heteroatoms. The topological polar surface area (TPSA) is 126 Å². The van der Waals surface area contributed by atoms with Gasteiger partial charge in [0, 0.05) is 6.42 Å². The second-order valence-corrected chi connectivity index (χ2v) is 7.00. The van der Waals surface area contributed by atoms with Gasteiger partial charge in [0.15, 0.2) is 0 Å². The highest BCUT2D eigenvalue weighted by atomic mass is 19.4. The van der Waals surface area contributed by atoms with Gasteiger partial charge in [0.05, 0.1) is 12.8 Å². The van der Waals surface area contributed by atoms with Gasteiger partial charge >= 0.3 is 11.9 Å². The van der Waals surface area contributed by atoms with E-state index in [-0.39, 0.29) is 24.6 Å². The van der Waals surface area contributed by atoms with Crippen molar-refractivity contribution in [3.63, 3.8) is 0 Å². The van der Waals surface area contributed by atoms with Crippen molar-refractivity contribution in [1.82, 2.24) is 14.9 Å². The van der Waals surface area contributed by atoms with E-state index in [4.69, 9.17) is 4.42 Å². The molecule has 0 aliphatic carbocycles. The van der Waals surface area contributed by atoms with Crippen molar-refractivity contribution in [1.29, 1.82) is 0 Å². The van der Waals surface area contributed by atoms with Gasteiger partial charge in [-0.15, -0.1) is 0 Å². The molecule has 29 heavy (non-hydrogen) atoms. The molecule has 9 nitrogen and oxygen atoms in total. The van der Waals surface area contributed by atoms with Crippen LogP contribution in [0.25, 0.3) is 0 Å². The minimum atomic E-state index is -5.35. The summed E-state index contributed by atoms with van der Waals surface area (Å²) < 4.78 is 48.1. The monoisotopic (exact) mass is 414 g/mol. The van der Waals surface area contributed by atoms with E-state index >= 15 is 0 Å². The van der Waals surface area contributed by atoms with Crippen molar-refractivity contribution in [3.05, 3.63) is 50.6 Å². The summed E-state index contributed by atoms with van der Waals surface area (Å²) in [7, 11) is 0. The first kappa shape index (κ1) is 20.4. The highest BCUT2D eigenvalue weighted by Crippen LogP contribution is 2.45. The summed E-state index contributed by atoms with van der Waals surface area (Å²) in [6, 6.07) is 2.96. The molecule has 1 aliphatic heterocycles. The Bertz CT molecular complexity index is 1070. The molecule has 3 rings (SSSR count). The van der Waals surface area contributed by atoms with Gasteiger partial charge in [-0.25, -0.2) is 4.79 Å². The number of anilines is 1. The number of nitrogens with zero attached hydrogens (tertiary/aromatic N) is 1. The molecule has 1 atom stereocenters. The van der Waals surface area contributed by atoms with Gasteiger partial charge in [-0.05, 0) is 18.1 Å². The van der Waals surface area contributed by atoms with Crippen LogP contribution in [-0.4, -0.2) is 27.5 Å². The standard InChI is InChI=1S/C17H17F3N4O5/c1-8(2)6-10(25)23-16(17(18,19)20)11-12(21-14(16)27)24(15(28)22-13(11)26)7-9-4-3-5-29-9/h3-5,8H,6-7H2,1-2H3,(H,21,27)(H,23,25)(H,22,26,28)/t16-/m0/s1. The van der Waals surface area contributed by atoms with E-state index in [1.807, 2.05) is 5.32 Å². The van der Waals surface area contributed by atoms with Crippen LogP contribution in [0.5, 0.6) is 0 Å². The van der Waals surface area contributed by atoms with E-state index in [2.05, 4.69) is 0 Å². The highest BCUT2D eigenvalue weighted by Gasteiger charge is 2.68. The second-order valence-electron chi connectivity index (χ2n) is 7.00. The van der Waals surface area contributed by atoms with Crippen LogP contribution in [0.4, 0.5) is 19.0 Å². The lowest BCUT2D eigenvalue weighted by molar-refractivity contribution is -0.200.